The quantitative estimate of drug-likeness (QED) is 0.807. The fraction of sp³-hybridized carbons (Fsp3) is 0.500. The average molecular weight is 276 g/mol. The second kappa shape index (κ2) is 6.77. The van der Waals surface area contributed by atoms with E-state index in [-0.39, 0.29) is 5.75 Å². The van der Waals surface area contributed by atoms with E-state index in [0.717, 1.165) is 31.7 Å². The van der Waals surface area contributed by atoms with Crippen molar-refractivity contribution in [3.63, 3.8) is 0 Å². The summed E-state index contributed by atoms with van der Waals surface area (Å²) in [7, 11) is 1.59. The number of allylic oxidation sites excluding steroid dienone is 1. The number of nitrogens with zero attached hydrogens (tertiary/aromatic N) is 1. The fourth-order valence-electron chi connectivity index (χ4n) is 2.70. The van der Waals surface area contributed by atoms with E-state index < -0.39 is 0 Å². The molecule has 0 unspecified atom stereocenters. The van der Waals surface area contributed by atoms with E-state index in [2.05, 4.69) is 23.7 Å². The smallest absolute Gasteiger partial charge is 0.161 e. The zero-order valence-corrected chi connectivity index (χ0v) is 12.4. The van der Waals surface area contributed by atoms with Crippen LogP contribution < -0.4 is 10.1 Å². The molecule has 0 spiro atoms. The molecule has 0 aliphatic carbocycles. The van der Waals surface area contributed by atoms with Crippen LogP contribution in [0.3, 0.4) is 0 Å². The Morgan fingerprint density at radius 1 is 1.55 bits per heavy atom. The van der Waals surface area contributed by atoms with Gasteiger partial charge >= 0.3 is 0 Å². The van der Waals surface area contributed by atoms with Crippen molar-refractivity contribution in [3.05, 3.63) is 35.9 Å². The SMILES string of the molecule is C=CCc1cc(CN2CCN[C@H](C)C2)cc(OC)c1O. The highest BCUT2D eigenvalue weighted by Crippen LogP contribution is 2.32. The van der Waals surface area contributed by atoms with Gasteiger partial charge < -0.3 is 15.2 Å². The summed E-state index contributed by atoms with van der Waals surface area (Å²) in [5.41, 5.74) is 2.04. The summed E-state index contributed by atoms with van der Waals surface area (Å²) in [6.07, 6.45) is 2.44. The molecule has 1 fully saturated rings. The Labute approximate surface area is 121 Å². The molecule has 0 radical (unpaired) electrons. The number of hydrogen-bond acceptors (Lipinski definition) is 4. The molecule has 1 aliphatic rings. The highest BCUT2D eigenvalue weighted by Gasteiger charge is 2.17. The van der Waals surface area contributed by atoms with Crippen LogP contribution in [0, 0.1) is 0 Å². The first-order valence-electron chi connectivity index (χ1n) is 7.09. The molecule has 4 heteroatoms. The van der Waals surface area contributed by atoms with Crippen LogP contribution in [0.2, 0.25) is 0 Å². The van der Waals surface area contributed by atoms with Crippen LogP contribution in [0.25, 0.3) is 0 Å². The number of rotatable bonds is 5. The number of phenolic OH excluding ortho intramolecular Hbond substituents is 1. The number of nitrogens with one attached hydrogen (secondary N) is 1. The molecule has 1 aromatic rings. The Morgan fingerprint density at radius 2 is 2.35 bits per heavy atom. The normalized spacial score (nSPS) is 19.8. The van der Waals surface area contributed by atoms with Gasteiger partial charge in [0.2, 0.25) is 0 Å². The molecule has 20 heavy (non-hydrogen) atoms. The zero-order chi connectivity index (χ0) is 14.5. The van der Waals surface area contributed by atoms with Gasteiger partial charge in [-0.15, -0.1) is 6.58 Å². The molecule has 0 saturated carbocycles. The lowest BCUT2D eigenvalue weighted by Gasteiger charge is -2.32. The Bertz CT molecular complexity index is 474. The lowest BCUT2D eigenvalue weighted by Crippen LogP contribution is -2.48. The highest BCUT2D eigenvalue weighted by molar-refractivity contribution is 5.49. The Morgan fingerprint density at radius 3 is 3.00 bits per heavy atom. The van der Waals surface area contributed by atoms with Crippen molar-refractivity contribution in [1.82, 2.24) is 10.2 Å². The standard InChI is InChI=1S/C16H24N2O2/c1-4-5-14-8-13(9-15(20-3)16(14)19)11-18-7-6-17-12(2)10-18/h4,8-9,12,17,19H,1,5-7,10-11H2,2-3H3/t12-/m1/s1. The van der Waals surface area contributed by atoms with E-state index in [1.807, 2.05) is 12.1 Å². The van der Waals surface area contributed by atoms with Gasteiger partial charge in [0.1, 0.15) is 0 Å². The van der Waals surface area contributed by atoms with Crippen LogP contribution in [0.15, 0.2) is 24.8 Å². The van der Waals surface area contributed by atoms with Crippen LogP contribution in [-0.4, -0.2) is 42.8 Å². The third-order valence-electron chi connectivity index (χ3n) is 3.66. The molecule has 0 bridgehead atoms. The van der Waals surface area contributed by atoms with Crippen LogP contribution in [0.4, 0.5) is 0 Å². The Kier molecular flexibility index (Phi) is 5.04. The topological polar surface area (TPSA) is 44.7 Å². The van der Waals surface area contributed by atoms with Crippen molar-refractivity contribution >= 4 is 0 Å². The number of benzene rings is 1. The first-order chi connectivity index (χ1) is 9.63. The highest BCUT2D eigenvalue weighted by atomic mass is 16.5. The van der Waals surface area contributed by atoms with Crippen molar-refractivity contribution in [2.75, 3.05) is 26.7 Å². The molecule has 1 aromatic carbocycles. The maximum atomic E-state index is 10.1. The van der Waals surface area contributed by atoms with E-state index >= 15 is 0 Å². The molecule has 1 atom stereocenters. The van der Waals surface area contributed by atoms with E-state index in [1.165, 1.54) is 5.56 Å². The predicted octanol–water partition coefficient (Wildman–Crippen LogP) is 1.92. The minimum atomic E-state index is 0.227. The molecule has 1 heterocycles. The average Bonchev–Trinajstić information content (AvgIpc) is 2.42. The molecule has 110 valence electrons. The minimum absolute atomic E-state index is 0.227. The van der Waals surface area contributed by atoms with Crippen LogP contribution in [0.5, 0.6) is 11.5 Å². The second-order valence-electron chi connectivity index (χ2n) is 5.39. The first-order valence-corrected chi connectivity index (χ1v) is 7.09. The maximum absolute atomic E-state index is 10.1. The minimum Gasteiger partial charge on any atom is -0.504 e. The van der Waals surface area contributed by atoms with Gasteiger partial charge in [-0.1, -0.05) is 12.1 Å². The maximum Gasteiger partial charge on any atom is 0.161 e. The molecule has 1 saturated heterocycles. The molecular formula is C16H24N2O2. The molecule has 0 amide bonds. The van der Waals surface area contributed by atoms with Gasteiger partial charge in [0, 0.05) is 37.8 Å². The summed E-state index contributed by atoms with van der Waals surface area (Å²) < 4.78 is 5.27. The molecule has 2 rings (SSSR count). The first kappa shape index (κ1) is 14.9. The van der Waals surface area contributed by atoms with Gasteiger partial charge in [0.25, 0.3) is 0 Å². The summed E-state index contributed by atoms with van der Waals surface area (Å²) in [6.45, 7) is 9.93. The van der Waals surface area contributed by atoms with Gasteiger partial charge in [0.05, 0.1) is 7.11 Å². The summed E-state index contributed by atoms with van der Waals surface area (Å²) in [5.74, 6) is 0.771. The van der Waals surface area contributed by atoms with Crippen molar-refractivity contribution < 1.29 is 9.84 Å². The Balaban J connectivity index is 2.18. The van der Waals surface area contributed by atoms with Gasteiger partial charge in [-0.3, -0.25) is 4.90 Å². The summed E-state index contributed by atoms with van der Waals surface area (Å²) in [6, 6.07) is 4.50. The van der Waals surface area contributed by atoms with E-state index in [4.69, 9.17) is 4.74 Å². The number of hydrogen-bond donors (Lipinski definition) is 2. The largest absolute Gasteiger partial charge is 0.504 e. The lowest BCUT2D eigenvalue weighted by atomic mass is 10.0. The fourth-order valence-corrected chi connectivity index (χ4v) is 2.70. The number of methoxy groups -OCH3 is 1. The summed E-state index contributed by atoms with van der Waals surface area (Å²) in [4.78, 5) is 2.42. The lowest BCUT2D eigenvalue weighted by molar-refractivity contribution is 0.199. The van der Waals surface area contributed by atoms with Gasteiger partial charge in [-0.2, -0.15) is 0 Å². The zero-order valence-electron chi connectivity index (χ0n) is 12.4. The molecule has 0 aromatic heterocycles. The molecular weight excluding hydrogens is 252 g/mol. The number of aromatic hydroxyl groups is 1. The second-order valence-corrected chi connectivity index (χ2v) is 5.39. The molecule has 2 N–H and O–H groups in total. The molecule has 1 aliphatic heterocycles. The van der Waals surface area contributed by atoms with Crippen LogP contribution in [-0.2, 0) is 13.0 Å². The third-order valence-corrected chi connectivity index (χ3v) is 3.66. The van der Waals surface area contributed by atoms with Crippen LogP contribution in [0.1, 0.15) is 18.1 Å². The van der Waals surface area contributed by atoms with Crippen molar-refractivity contribution in [2.45, 2.75) is 25.9 Å². The van der Waals surface area contributed by atoms with Gasteiger partial charge in [-0.05, 0) is 25.0 Å². The monoisotopic (exact) mass is 276 g/mol. The summed E-state index contributed by atoms with van der Waals surface area (Å²) in [5, 5.41) is 13.5. The number of piperazine rings is 1. The number of phenols is 1. The predicted molar refractivity (Wildman–Crippen MR) is 81.3 cm³/mol. The summed E-state index contributed by atoms with van der Waals surface area (Å²) >= 11 is 0. The van der Waals surface area contributed by atoms with Crippen molar-refractivity contribution in [1.29, 1.82) is 0 Å². The molecule has 4 nitrogen and oxygen atoms in total. The van der Waals surface area contributed by atoms with Crippen molar-refractivity contribution in [2.24, 2.45) is 0 Å². The third kappa shape index (κ3) is 3.52. The number of ether oxygens (including phenoxy) is 1. The van der Waals surface area contributed by atoms with Gasteiger partial charge in [-0.25, -0.2) is 0 Å². The van der Waals surface area contributed by atoms with Crippen molar-refractivity contribution in [3.8, 4) is 11.5 Å². The van der Waals surface area contributed by atoms with Crippen LogP contribution >= 0.6 is 0 Å². The Hall–Kier alpha value is -1.52. The van der Waals surface area contributed by atoms with E-state index in [9.17, 15) is 5.11 Å². The van der Waals surface area contributed by atoms with E-state index in [1.54, 1.807) is 13.2 Å². The van der Waals surface area contributed by atoms with Gasteiger partial charge in [0.15, 0.2) is 11.5 Å². The van der Waals surface area contributed by atoms with E-state index in [0.29, 0.717) is 18.2 Å².